The molecule has 8 nitrogen and oxygen atoms in total. The molecule has 0 aliphatic carbocycles. The molecule has 1 saturated heterocycles. The predicted octanol–water partition coefficient (Wildman–Crippen LogP) is -0.274. The largest absolute Gasteiger partial charge is 0.338 e. The van der Waals surface area contributed by atoms with Gasteiger partial charge in [-0.2, -0.15) is 0 Å². The highest BCUT2D eigenvalue weighted by Crippen LogP contribution is 2.24. The van der Waals surface area contributed by atoms with Crippen LogP contribution in [0.4, 0.5) is 0 Å². The molecule has 0 aromatic carbocycles. The average molecular weight is 333 g/mol. The topological polar surface area (TPSA) is 98.1 Å². The van der Waals surface area contributed by atoms with E-state index in [2.05, 4.69) is 15.5 Å². The first-order valence-corrected chi connectivity index (χ1v) is 9.44. The van der Waals surface area contributed by atoms with Crippen LogP contribution in [0.2, 0.25) is 0 Å². The number of nitrogens with zero attached hydrogens (tertiary/aromatic N) is 5. The van der Waals surface area contributed by atoms with Crippen LogP contribution in [0.15, 0.2) is 5.16 Å². The lowest BCUT2D eigenvalue weighted by molar-refractivity contribution is -0.131. The van der Waals surface area contributed by atoms with Gasteiger partial charge in [0.2, 0.25) is 11.1 Å². The van der Waals surface area contributed by atoms with Crippen LogP contribution in [-0.4, -0.2) is 68.8 Å². The predicted molar refractivity (Wildman–Crippen MR) is 78.6 cm³/mol. The number of sulfone groups is 1. The van der Waals surface area contributed by atoms with Gasteiger partial charge in [0.15, 0.2) is 9.84 Å². The molecule has 2 rings (SSSR count). The van der Waals surface area contributed by atoms with Crippen LogP contribution < -0.4 is 0 Å². The van der Waals surface area contributed by atoms with Crippen LogP contribution in [-0.2, 0) is 21.7 Å². The Labute approximate surface area is 128 Å². The number of aromatic nitrogens is 4. The average Bonchev–Trinajstić information content (AvgIpc) is 2.97. The lowest BCUT2D eigenvalue weighted by atomic mass is 10.2. The number of aryl methyl sites for hydroxylation is 1. The summed E-state index contributed by atoms with van der Waals surface area (Å²) in [7, 11) is -1.29. The van der Waals surface area contributed by atoms with Crippen LogP contribution in [0, 0.1) is 0 Å². The molecule has 118 valence electrons. The third-order valence-corrected chi connectivity index (χ3v) is 6.35. The Morgan fingerprint density at radius 1 is 1.57 bits per heavy atom. The van der Waals surface area contributed by atoms with Crippen molar-refractivity contribution in [1.29, 1.82) is 0 Å². The summed E-state index contributed by atoms with van der Waals surface area (Å²) in [6, 6.07) is -0.215. The third-order valence-electron chi connectivity index (χ3n) is 3.48. The molecule has 1 aliphatic heterocycles. The molecule has 0 spiro atoms. The second kappa shape index (κ2) is 6.30. The molecule has 21 heavy (non-hydrogen) atoms. The van der Waals surface area contributed by atoms with E-state index in [-0.39, 0.29) is 28.7 Å². The maximum Gasteiger partial charge on any atom is 0.236 e. The Balaban J connectivity index is 2.04. The van der Waals surface area contributed by atoms with Gasteiger partial charge in [-0.1, -0.05) is 11.8 Å². The minimum Gasteiger partial charge on any atom is -0.338 e. The minimum absolute atomic E-state index is 0.0650. The number of thioether (sulfide) groups is 1. The fourth-order valence-corrected chi connectivity index (χ4v) is 4.93. The number of rotatable bonds is 5. The van der Waals surface area contributed by atoms with E-state index >= 15 is 0 Å². The van der Waals surface area contributed by atoms with E-state index in [9.17, 15) is 13.2 Å². The SMILES string of the molecule is CCN(C(=O)[C@@H](C)Sc1nnnn1C)[C@H]1CCS(=O)(=O)C1. The second-order valence-electron chi connectivity index (χ2n) is 5.03. The van der Waals surface area contributed by atoms with Crippen LogP contribution in [0.3, 0.4) is 0 Å². The van der Waals surface area contributed by atoms with E-state index in [1.54, 1.807) is 18.9 Å². The van der Waals surface area contributed by atoms with Gasteiger partial charge < -0.3 is 4.90 Å². The zero-order valence-corrected chi connectivity index (χ0v) is 13.9. The molecule has 1 aliphatic rings. The van der Waals surface area contributed by atoms with Gasteiger partial charge in [-0.3, -0.25) is 4.79 Å². The number of hydrogen-bond donors (Lipinski definition) is 0. The van der Waals surface area contributed by atoms with Gasteiger partial charge in [0, 0.05) is 19.6 Å². The molecule has 1 aromatic heterocycles. The zero-order chi connectivity index (χ0) is 15.6. The fraction of sp³-hybridized carbons (Fsp3) is 0.818. The number of carbonyl (C=O) groups is 1. The highest BCUT2D eigenvalue weighted by molar-refractivity contribution is 8.00. The molecule has 2 heterocycles. The van der Waals surface area contributed by atoms with Gasteiger partial charge >= 0.3 is 0 Å². The van der Waals surface area contributed by atoms with Crippen molar-refractivity contribution in [3.05, 3.63) is 0 Å². The molecular formula is C11H19N5O3S2. The molecular weight excluding hydrogens is 314 g/mol. The standard InChI is InChI=1S/C11H19N5O3S2/c1-4-16(9-5-6-21(18,19)7-9)10(17)8(2)20-11-12-13-14-15(11)3/h8-9H,4-7H2,1-3H3/t8-,9+/m1/s1. The van der Waals surface area contributed by atoms with Gasteiger partial charge in [0.25, 0.3) is 0 Å². The first-order valence-electron chi connectivity index (χ1n) is 6.74. The summed E-state index contributed by atoms with van der Waals surface area (Å²) in [4.78, 5) is 14.2. The number of amides is 1. The van der Waals surface area contributed by atoms with Crippen molar-refractivity contribution in [1.82, 2.24) is 25.1 Å². The van der Waals surface area contributed by atoms with Crippen LogP contribution in [0.1, 0.15) is 20.3 Å². The quantitative estimate of drug-likeness (QED) is 0.684. The van der Waals surface area contributed by atoms with Gasteiger partial charge in [0.05, 0.1) is 16.8 Å². The first-order chi connectivity index (χ1) is 9.84. The van der Waals surface area contributed by atoms with Crippen molar-refractivity contribution in [3.8, 4) is 0 Å². The summed E-state index contributed by atoms with van der Waals surface area (Å²) in [6.07, 6.45) is 0.519. The Morgan fingerprint density at radius 3 is 2.76 bits per heavy atom. The van der Waals surface area contributed by atoms with E-state index in [1.165, 1.54) is 16.4 Å². The monoisotopic (exact) mass is 333 g/mol. The second-order valence-corrected chi connectivity index (χ2v) is 8.56. The molecule has 0 bridgehead atoms. The maximum absolute atomic E-state index is 12.5. The molecule has 0 N–H and O–H groups in total. The highest BCUT2D eigenvalue weighted by Gasteiger charge is 2.35. The Hall–Kier alpha value is -1.16. The lowest BCUT2D eigenvalue weighted by Gasteiger charge is -2.29. The summed E-state index contributed by atoms with van der Waals surface area (Å²) in [6.45, 7) is 4.15. The van der Waals surface area contributed by atoms with Gasteiger partial charge in [-0.15, -0.1) is 5.10 Å². The third kappa shape index (κ3) is 3.73. The Morgan fingerprint density at radius 2 is 2.29 bits per heavy atom. The molecule has 1 aromatic rings. The van der Waals surface area contributed by atoms with Crippen LogP contribution >= 0.6 is 11.8 Å². The van der Waals surface area contributed by atoms with Crippen LogP contribution in [0.5, 0.6) is 0 Å². The number of hydrogen-bond acceptors (Lipinski definition) is 7. The molecule has 1 fully saturated rings. The maximum atomic E-state index is 12.5. The molecule has 0 saturated carbocycles. The summed E-state index contributed by atoms with van der Waals surface area (Å²) in [5.41, 5.74) is 0. The lowest BCUT2D eigenvalue weighted by Crippen LogP contribution is -2.44. The van der Waals surface area contributed by atoms with Crippen molar-refractivity contribution in [3.63, 3.8) is 0 Å². The molecule has 2 atom stereocenters. The van der Waals surface area contributed by atoms with Crippen molar-refractivity contribution >= 4 is 27.5 Å². The smallest absolute Gasteiger partial charge is 0.236 e. The molecule has 10 heteroatoms. The van der Waals surface area contributed by atoms with Crippen molar-refractivity contribution in [2.45, 2.75) is 36.7 Å². The van der Waals surface area contributed by atoms with Crippen molar-refractivity contribution in [2.75, 3.05) is 18.1 Å². The molecule has 1 amide bonds. The van der Waals surface area contributed by atoms with E-state index < -0.39 is 9.84 Å². The fourth-order valence-electron chi connectivity index (χ4n) is 2.38. The molecule has 0 radical (unpaired) electrons. The number of carbonyl (C=O) groups excluding carboxylic acids is 1. The van der Waals surface area contributed by atoms with Gasteiger partial charge in [-0.25, -0.2) is 13.1 Å². The zero-order valence-electron chi connectivity index (χ0n) is 12.3. The summed E-state index contributed by atoms with van der Waals surface area (Å²) in [5, 5.41) is 11.3. The van der Waals surface area contributed by atoms with Gasteiger partial charge in [-0.05, 0) is 30.7 Å². The highest BCUT2D eigenvalue weighted by atomic mass is 32.2. The van der Waals surface area contributed by atoms with Crippen molar-refractivity contribution < 1.29 is 13.2 Å². The summed E-state index contributed by atoms with van der Waals surface area (Å²) >= 11 is 1.27. The van der Waals surface area contributed by atoms with Crippen molar-refractivity contribution in [2.24, 2.45) is 7.05 Å². The normalized spacial score (nSPS) is 22.1. The summed E-state index contributed by atoms with van der Waals surface area (Å²) < 4.78 is 24.7. The van der Waals surface area contributed by atoms with E-state index in [4.69, 9.17) is 0 Å². The Bertz CT molecular complexity index is 615. The Kier molecular flexibility index (Phi) is 4.87. The molecule has 0 unspecified atom stereocenters. The van der Waals surface area contributed by atoms with E-state index in [1.807, 2.05) is 6.92 Å². The first kappa shape index (κ1) is 16.2. The van der Waals surface area contributed by atoms with Crippen LogP contribution in [0.25, 0.3) is 0 Å². The van der Waals surface area contributed by atoms with E-state index in [0.29, 0.717) is 18.1 Å². The van der Waals surface area contributed by atoms with E-state index in [0.717, 1.165) is 0 Å². The minimum atomic E-state index is -3.00. The van der Waals surface area contributed by atoms with Gasteiger partial charge in [0.1, 0.15) is 0 Å². The summed E-state index contributed by atoms with van der Waals surface area (Å²) in [5.74, 6) is 0.152. The number of tetrazole rings is 1.